The lowest BCUT2D eigenvalue weighted by Gasteiger charge is -2.23. The number of rotatable bonds is 3. The van der Waals surface area contributed by atoms with Gasteiger partial charge in [0, 0.05) is 6.42 Å². The van der Waals surface area contributed by atoms with Crippen LogP contribution in [0.2, 0.25) is 0 Å². The Kier molecular flexibility index (Phi) is 2.75. The summed E-state index contributed by atoms with van der Waals surface area (Å²) in [5.74, 6) is 1.19. The molecule has 1 saturated carbocycles. The molecule has 1 aliphatic carbocycles. The molecule has 3 atom stereocenters. The number of halogens is 1. The second-order valence-corrected chi connectivity index (χ2v) is 6.81. The van der Waals surface area contributed by atoms with Crippen molar-refractivity contribution in [3.05, 3.63) is 20.8 Å². The molecule has 1 fully saturated rings. The van der Waals surface area contributed by atoms with E-state index in [4.69, 9.17) is 0 Å². The molecule has 3 unspecified atom stereocenters. The Bertz CT molecular complexity index is 332. The molecular weight excluding hydrogens is 260 g/mol. The summed E-state index contributed by atoms with van der Waals surface area (Å²) in [4.78, 5) is 0. The van der Waals surface area contributed by atoms with Gasteiger partial charge >= 0.3 is 0 Å². The van der Waals surface area contributed by atoms with E-state index in [1.54, 1.807) is 11.3 Å². The first kappa shape index (κ1) is 10.7. The largest absolute Gasteiger partial charge is 0.390 e. The van der Waals surface area contributed by atoms with E-state index >= 15 is 0 Å². The highest BCUT2D eigenvalue weighted by Crippen LogP contribution is 2.47. The Balaban J connectivity index is 2.07. The predicted octanol–water partition coefficient (Wildman–Crippen LogP) is 3.46. The van der Waals surface area contributed by atoms with Gasteiger partial charge in [-0.15, -0.1) is 11.3 Å². The maximum absolute atomic E-state index is 10.3. The van der Waals surface area contributed by atoms with Crippen molar-refractivity contribution in [1.29, 1.82) is 0 Å². The van der Waals surface area contributed by atoms with Crippen LogP contribution in [-0.2, 0) is 6.42 Å². The first-order valence-corrected chi connectivity index (χ1v) is 6.62. The van der Waals surface area contributed by atoms with Gasteiger partial charge in [-0.1, -0.05) is 6.92 Å². The number of hydrogen-bond acceptors (Lipinski definition) is 2. The van der Waals surface area contributed by atoms with E-state index in [9.17, 15) is 5.11 Å². The van der Waals surface area contributed by atoms with Crippen LogP contribution < -0.4 is 0 Å². The normalized spacial score (nSPS) is 30.0. The summed E-state index contributed by atoms with van der Waals surface area (Å²) in [7, 11) is 0. The molecule has 0 radical (unpaired) electrons. The van der Waals surface area contributed by atoms with Crippen molar-refractivity contribution >= 4 is 27.3 Å². The second kappa shape index (κ2) is 3.62. The van der Waals surface area contributed by atoms with Crippen molar-refractivity contribution in [2.75, 3.05) is 0 Å². The SMILES string of the molecule is CC1CC1C(C)(O)Cc1ccsc1Br. The fourth-order valence-corrected chi connectivity index (χ4v) is 3.39. The van der Waals surface area contributed by atoms with Crippen molar-refractivity contribution in [2.24, 2.45) is 11.8 Å². The monoisotopic (exact) mass is 274 g/mol. The molecule has 78 valence electrons. The number of hydrogen-bond donors (Lipinski definition) is 1. The maximum atomic E-state index is 10.3. The highest BCUT2D eigenvalue weighted by atomic mass is 79.9. The minimum absolute atomic E-state index is 0.495. The predicted molar refractivity (Wildman–Crippen MR) is 63.6 cm³/mol. The molecule has 1 aromatic heterocycles. The van der Waals surface area contributed by atoms with Gasteiger partial charge in [0.05, 0.1) is 9.39 Å². The Labute approximate surface area is 97.3 Å². The fraction of sp³-hybridized carbons (Fsp3) is 0.636. The fourth-order valence-electron chi connectivity index (χ4n) is 2.15. The topological polar surface area (TPSA) is 20.2 Å². The zero-order valence-electron chi connectivity index (χ0n) is 8.46. The smallest absolute Gasteiger partial charge is 0.0731 e. The molecule has 1 nitrogen and oxygen atoms in total. The third-order valence-electron chi connectivity index (χ3n) is 3.15. The Hall–Kier alpha value is 0.140. The molecule has 0 amide bonds. The molecule has 14 heavy (non-hydrogen) atoms. The molecule has 2 rings (SSSR count). The third-order valence-corrected chi connectivity index (χ3v) is 4.96. The van der Waals surface area contributed by atoms with Gasteiger partial charge in [-0.25, -0.2) is 0 Å². The van der Waals surface area contributed by atoms with E-state index in [-0.39, 0.29) is 0 Å². The van der Waals surface area contributed by atoms with Gasteiger partial charge in [0.15, 0.2) is 0 Å². The van der Waals surface area contributed by atoms with E-state index in [1.807, 2.05) is 6.92 Å². The van der Waals surface area contributed by atoms with Gasteiger partial charge in [-0.3, -0.25) is 0 Å². The van der Waals surface area contributed by atoms with Crippen molar-refractivity contribution in [1.82, 2.24) is 0 Å². The zero-order chi connectivity index (χ0) is 10.3. The van der Waals surface area contributed by atoms with Crippen LogP contribution in [0.5, 0.6) is 0 Å². The van der Waals surface area contributed by atoms with Crippen LogP contribution in [0.1, 0.15) is 25.8 Å². The Morgan fingerprint density at radius 3 is 2.79 bits per heavy atom. The highest BCUT2D eigenvalue weighted by molar-refractivity contribution is 9.11. The van der Waals surface area contributed by atoms with Crippen LogP contribution >= 0.6 is 27.3 Å². The third kappa shape index (κ3) is 2.05. The quantitative estimate of drug-likeness (QED) is 0.895. The van der Waals surface area contributed by atoms with Crippen molar-refractivity contribution in [2.45, 2.75) is 32.3 Å². The molecular formula is C11H15BrOS. The van der Waals surface area contributed by atoms with Gasteiger partial charge < -0.3 is 5.11 Å². The lowest BCUT2D eigenvalue weighted by molar-refractivity contribution is 0.0325. The van der Waals surface area contributed by atoms with Crippen LogP contribution in [-0.4, -0.2) is 10.7 Å². The Morgan fingerprint density at radius 2 is 2.36 bits per heavy atom. The van der Waals surface area contributed by atoms with Crippen molar-refractivity contribution in [3.8, 4) is 0 Å². The number of thiophene rings is 1. The molecule has 0 bridgehead atoms. The van der Waals surface area contributed by atoms with Crippen molar-refractivity contribution < 1.29 is 5.11 Å². The maximum Gasteiger partial charge on any atom is 0.0731 e. The molecule has 1 N–H and O–H groups in total. The van der Waals surface area contributed by atoms with E-state index in [0.29, 0.717) is 11.8 Å². The van der Waals surface area contributed by atoms with Crippen LogP contribution in [0.4, 0.5) is 0 Å². The average molecular weight is 275 g/mol. The number of aliphatic hydroxyl groups is 1. The zero-order valence-corrected chi connectivity index (χ0v) is 10.9. The van der Waals surface area contributed by atoms with Gasteiger partial charge in [0.2, 0.25) is 0 Å². The summed E-state index contributed by atoms with van der Waals surface area (Å²) < 4.78 is 1.16. The lowest BCUT2D eigenvalue weighted by atomic mass is 9.92. The lowest BCUT2D eigenvalue weighted by Crippen LogP contribution is -2.30. The minimum atomic E-state index is -0.525. The highest BCUT2D eigenvalue weighted by Gasteiger charge is 2.46. The molecule has 0 aromatic carbocycles. The van der Waals surface area contributed by atoms with E-state index < -0.39 is 5.60 Å². The van der Waals surface area contributed by atoms with Gasteiger partial charge in [0.25, 0.3) is 0 Å². The minimum Gasteiger partial charge on any atom is -0.390 e. The van der Waals surface area contributed by atoms with Crippen LogP contribution in [0.25, 0.3) is 0 Å². The van der Waals surface area contributed by atoms with Crippen LogP contribution in [0.3, 0.4) is 0 Å². The summed E-state index contributed by atoms with van der Waals surface area (Å²) in [6.45, 7) is 4.17. The average Bonchev–Trinajstić information content (AvgIpc) is 2.70. The van der Waals surface area contributed by atoms with E-state index in [1.165, 1.54) is 12.0 Å². The molecule has 1 aromatic rings. The first-order valence-electron chi connectivity index (χ1n) is 4.95. The molecule has 0 aliphatic heterocycles. The summed E-state index contributed by atoms with van der Waals surface area (Å²) in [5.41, 5.74) is 0.710. The summed E-state index contributed by atoms with van der Waals surface area (Å²) in [6, 6.07) is 2.09. The van der Waals surface area contributed by atoms with Crippen molar-refractivity contribution in [3.63, 3.8) is 0 Å². The van der Waals surface area contributed by atoms with Gasteiger partial charge in [-0.05, 0) is 58.1 Å². The molecule has 0 spiro atoms. The molecule has 1 aliphatic rings. The standard InChI is InChI=1S/C11H15BrOS/c1-7-5-9(7)11(2,13)6-8-3-4-14-10(8)12/h3-4,7,9,13H,5-6H2,1-2H3. The Morgan fingerprint density at radius 1 is 1.71 bits per heavy atom. The summed E-state index contributed by atoms with van der Waals surface area (Å²) >= 11 is 5.19. The molecule has 0 saturated heterocycles. The van der Waals surface area contributed by atoms with E-state index in [2.05, 4.69) is 34.3 Å². The van der Waals surface area contributed by atoms with Gasteiger partial charge in [-0.2, -0.15) is 0 Å². The summed E-state index contributed by atoms with van der Waals surface area (Å²) in [6.07, 6.45) is 1.95. The van der Waals surface area contributed by atoms with Gasteiger partial charge in [0.1, 0.15) is 0 Å². The van der Waals surface area contributed by atoms with E-state index in [0.717, 1.165) is 10.2 Å². The molecule has 1 heterocycles. The van der Waals surface area contributed by atoms with Crippen LogP contribution in [0, 0.1) is 11.8 Å². The molecule has 3 heteroatoms. The first-order chi connectivity index (χ1) is 6.50. The second-order valence-electron chi connectivity index (χ2n) is 4.57. The summed E-state index contributed by atoms with van der Waals surface area (Å²) in [5, 5.41) is 12.4. The van der Waals surface area contributed by atoms with Crippen LogP contribution in [0.15, 0.2) is 15.2 Å².